The van der Waals surface area contributed by atoms with Gasteiger partial charge in [0.25, 0.3) is 0 Å². The van der Waals surface area contributed by atoms with Crippen LogP contribution in [0.3, 0.4) is 0 Å². The van der Waals surface area contributed by atoms with Crippen LogP contribution in [0.25, 0.3) is 0 Å². The van der Waals surface area contributed by atoms with Crippen molar-refractivity contribution in [1.29, 1.82) is 0 Å². The number of thioether (sulfide) groups is 1. The van der Waals surface area contributed by atoms with E-state index in [2.05, 4.69) is 10.2 Å². The van der Waals surface area contributed by atoms with Crippen LogP contribution in [0.4, 0.5) is 11.6 Å². The molecule has 106 valence electrons. The zero-order valence-electron chi connectivity index (χ0n) is 11.4. The van der Waals surface area contributed by atoms with Crippen molar-refractivity contribution in [2.75, 3.05) is 17.2 Å². The second kappa shape index (κ2) is 6.42. The number of hydrogen-bond donors (Lipinski definition) is 1. The molecule has 0 bridgehead atoms. The highest BCUT2D eigenvalue weighted by Gasteiger charge is 2.16. The lowest BCUT2D eigenvalue weighted by atomic mass is 10.3. The fourth-order valence-corrected chi connectivity index (χ4v) is 2.47. The fraction of sp³-hybridized carbons (Fsp3) is 0.308. The largest absolute Gasteiger partial charge is 0.481 e. The van der Waals surface area contributed by atoms with Crippen LogP contribution in [0.2, 0.25) is 0 Å². The van der Waals surface area contributed by atoms with Gasteiger partial charge in [-0.05, 0) is 19.1 Å². The molecule has 6 nitrogen and oxygen atoms in total. The third-order valence-corrected chi connectivity index (χ3v) is 3.77. The van der Waals surface area contributed by atoms with Crippen molar-refractivity contribution in [3.8, 4) is 0 Å². The highest BCUT2D eigenvalue weighted by molar-refractivity contribution is 7.99. The Bertz CT molecular complexity index is 585. The van der Waals surface area contributed by atoms with Gasteiger partial charge in [-0.25, -0.2) is 0 Å². The summed E-state index contributed by atoms with van der Waals surface area (Å²) in [5.74, 6) is -0.190. The molecule has 2 rings (SSSR count). The Hall–Kier alpha value is -2.02. The summed E-state index contributed by atoms with van der Waals surface area (Å²) in [5, 5.41) is 17.5. The molecule has 0 aliphatic carbocycles. The molecule has 20 heavy (non-hydrogen) atoms. The smallest absolute Gasteiger partial charge is 0.313 e. The SMILES string of the molecule is CCN(c1ccccc1)c1nnc(SCC(=O)O)n1C. The minimum atomic E-state index is -0.866. The first-order valence-corrected chi connectivity index (χ1v) is 7.18. The molecule has 1 aromatic heterocycles. The molecule has 0 spiro atoms. The standard InChI is InChI=1S/C13H16N4O2S/c1-3-17(10-7-5-4-6-8-10)12-14-15-13(16(12)2)20-9-11(18)19/h4-8H,3,9H2,1-2H3,(H,18,19). The molecule has 0 saturated carbocycles. The quantitative estimate of drug-likeness (QED) is 0.823. The van der Waals surface area contributed by atoms with Crippen molar-refractivity contribution in [2.24, 2.45) is 7.05 Å². The molecule has 0 aliphatic rings. The van der Waals surface area contributed by atoms with Gasteiger partial charge in [-0.3, -0.25) is 9.36 Å². The van der Waals surface area contributed by atoms with Gasteiger partial charge < -0.3 is 10.0 Å². The Balaban J connectivity index is 2.25. The predicted molar refractivity (Wildman–Crippen MR) is 78.5 cm³/mol. The second-order valence-electron chi connectivity index (χ2n) is 4.10. The first kappa shape index (κ1) is 14.4. The number of benzene rings is 1. The molecule has 0 amide bonds. The summed E-state index contributed by atoms with van der Waals surface area (Å²) in [7, 11) is 1.84. The Morgan fingerprint density at radius 2 is 2.05 bits per heavy atom. The maximum absolute atomic E-state index is 10.6. The van der Waals surface area contributed by atoms with E-state index in [-0.39, 0.29) is 5.75 Å². The molecule has 2 aromatic rings. The lowest BCUT2D eigenvalue weighted by molar-refractivity contribution is -0.133. The summed E-state index contributed by atoms with van der Waals surface area (Å²) < 4.78 is 1.81. The topological polar surface area (TPSA) is 71.2 Å². The van der Waals surface area contributed by atoms with Crippen molar-refractivity contribution in [2.45, 2.75) is 12.1 Å². The Kier molecular flexibility index (Phi) is 4.62. The minimum absolute atomic E-state index is 0.0244. The summed E-state index contributed by atoms with van der Waals surface area (Å²) in [4.78, 5) is 12.6. The minimum Gasteiger partial charge on any atom is -0.481 e. The van der Waals surface area contributed by atoms with Crippen molar-refractivity contribution >= 4 is 29.4 Å². The first-order valence-electron chi connectivity index (χ1n) is 6.20. The third-order valence-electron chi connectivity index (χ3n) is 2.76. The number of nitrogens with zero attached hydrogens (tertiary/aromatic N) is 4. The molecular weight excluding hydrogens is 276 g/mol. The molecule has 0 unspecified atom stereocenters. The number of aromatic nitrogens is 3. The van der Waals surface area contributed by atoms with Crippen LogP contribution in [-0.4, -0.2) is 38.1 Å². The van der Waals surface area contributed by atoms with Gasteiger partial charge in [0.15, 0.2) is 5.16 Å². The van der Waals surface area contributed by atoms with E-state index in [1.165, 1.54) is 0 Å². The number of para-hydroxylation sites is 1. The summed E-state index contributed by atoms with van der Waals surface area (Å²) in [6, 6.07) is 9.90. The van der Waals surface area contributed by atoms with E-state index in [0.717, 1.165) is 24.0 Å². The highest BCUT2D eigenvalue weighted by atomic mass is 32.2. The molecule has 1 heterocycles. The highest BCUT2D eigenvalue weighted by Crippen LogP contribution is 2.26. The van der Waals surface area contributed by atoms with Gasteiger partial charge in [-0.15, -0.1) is 10.2 Å². The lowest BCUT2D eigenvalue weighted by Crippen LogP contribution is -2.19. The van der Waals surface area contributed by atoms with E-state index in [1.807, 2.05) is 53.8 Å². The van der Waals surface area contributed by atoms with E-state index < -0.39 is 5.97 Å². The van der Waals surface area contributed by atoms with Gasteiger partial charge in [-0.2, -0.15) is 0 Å². The molecule has 0 atom stereocenters. The van der Waals surface area contributed by atoms with Crippen LogP contribution in [0.5, 0.6) is 0 Å². The van der Waals surface area contributed by atoms with Crippen LogP contribution in [0.15, 0.2) is 35.5 Å². The summed E-state index contributed by atoms with van der Waals surface area (Å²) >= 11 is 1.16. The number of carboxylic acid groups (broad SMARTS) is 1. The number of carbonyl (C=O) groups is 1. The monoisotopic (exact) mass is 292 g/mol. The van der Waals surface area contributed by atoms with Gasteiger partial charge in [0.05, 0.1) is 5.75 Å². The van der Waals surface area contributed by atoms with Crippen LogP contribution in [0.1, 0.15) is 6.92 Å². The molecule has 0 saturated heterocycles. The van der Waals surface area contributed by atoms with Gasteiger partial charge in [0.1, 0.15) is 0 Å². The van der Waals surface area contributed by atoms with Crippen LogP contribution in [0, 0.1) is 0 Å². The van der Waals surface area contributed by atoms with E-state index in [0.29, 0.717) is 11.1 Å². The van der Waals surface area contributed by atoms with Crippen molar-refractivity contribution in [3.05, 3.63) is 30.3 Å². The van der Waals surface area contributed by atoms with Crippen LogP contribution in [-0.2, 0) is 11.8 Å². The molecule has 1 N–H and O–H groups in total. The molecule has 0 fully saturated rings. The average Bonchev–Trinajstić information content (AvgIpc) is 2.80. The maximum Gasteiger partial charge on any atom is 0.313 e. The van der Waals surface area contributed by atoms with Crippen molar-refractivity contribution in [1.82, 2.24) is 14.8 Å². The van der Waals surface area contributed by atoms with E-state index in [4.69, 9.17) is 5.11 Å². The number of hydrogen-bond acceptors (Lipinski definition) is 5. The maximum atomic E-state index is 10.6. The van der Waals surface area contributed by atoms with Crippen molar-refractivity contribution < 1.29 is 9.90 Å². The molecule has 0 aliphatic heterocycles. The Morgan fingerprint density at radius 3 is 2.65 bits per heavy atom. The summed E-state index contributed by atoms with van der Waals surface area (Å²) in [6.07, 6.45) is 0. The van der Waals surface area contributed by atoms with Crippen LogP contribution >= 0.6 is 11.8 Å². The van der Waals surface area contributed by atoms with Gasteiger partial charge in [0.2, 0.25) is 5.95 Å². The van der Waals surface area contributed by atoms with Crippen LogP contribution < -0.4 is 4.90 Å². The molecular formula is C13H16N4O2S. The second-order valence-corrected chi connectivity index (χ2v) is 5.05. The normalized spacial score (nSPS) is 10.5. The van der Waals surface area contributed by atoms with E-state index >= 15 is 0 Å². The Morgan fingerprint density at radius 1 is 1.35 bits per heavy atom. The fourth-order valence-electron chi connectivity index (χ4n) is 1.84. The number of rotatable bonds is 6. The third kappa shape index (κ3) is 3.11. The Labute approximate surface area is 121 Å². The van der Waals surface area contributed by atoms with Gasteiger partial charge >= 0.3 is 5.97 Å². The predicted octanol–water partition coefficient (Wildman–Crippen LogP) is 2.15. The van der Waals surface area contributed by atoms with Gasteiger partial charge in [0, 0.05) is 19.3 Å². The molecule has 1 aromatic carbocycles. The van der Waals surface area contributed by atoms with Crippen molar-refractivity contribution in [3.63, 3.8) is 0 Å². The molecule has 7 heteroatoms. The summed E-state index contributed by atoms with van der Waals surface area (Å²) in [6.45, 7) is 2.78. The summed E-state index contributed by atoms with van der Waals surface area (Å²) in [5.41, 5.74) is 1.03. The lowest BCUT2D eigenvalue weighted by Gasteiger charge is -2.21. The molecule has 0 radical (unpaired) electrons. The number of aliphatic carboxylic acids is 1. The first-order chi connectivity index (χ1) is 9.63. The number of carboxylic acids is 1. The average molecular weight is 292 g/mol. The zero-order valence-corrected chi connectivity index (χ0v) is 12.2. The van der Waals surface area contributed by atoms with E-state index in [1.54, 1.807) is 0 Å². The number of anilines is 2. The van der Waals surface area contributed by atoms with Gasteiger partial charge in [-0.1, -0.05) is 30.0 Å². The van der Waals surface area contributed by atoms with E-state index in [9.17, 15) is 4.79 Å². The zero-order chi connectivity index (χ0) is 14.5.